The van der Waals surface area contributed by atoms with E-state index in [0.29, 0.717) is 32.2 Å². The van der Waals surface area contributed by atoms with Crippen LogP contribution in [0.15, 0.2) is 54.6 Å². The second-order valence-electron chi connectivity index (χ2n) is 9.18. The lowest BCUT2D eigenvalue weighted by molar-refractivity contribution is -0.132. The number of phenols is 1. The van der Waals surface area contributed by atoms with E-state index in [2.05, 4.69) is 21.3 Å². The lowest BCUT2D eigenvalue weighted by Crippen LogP contribution is -2.56. The molecule has 0 bridgehead atoms. The standard InChI is InChI=1S/C27H35N5O5/c28-21(16-18-6-2-1-3-7-18)25(35)31-22-8-4-5-14-29-24(34)13-15-30-26(36)23(32-27(22)37)17-19-9-11-20(33)12-10-19/h1-3,6-7,9-12,21-23,33H,4-5,8,13-17,28H2,(H,29,34)(H,30,36)(H,31,35)(H,32,37)/t21-,22+,23+/m1/s1. The van der Waals surface area contributed by atoms with Crippen molar-refractivity contribution in [2.24, 2.45) is 5.73 Å². The van der Waals surface area contributed by atoms with Crippen molar-refractivity contribution in [3.8, 4) is 5.75 Å². The molecule has 0 saturated carbocycles. The summed E-state index contributed by atoms with van der Waals surface area (Å²) in [6.07, 6.45) is 2.13. The Morgan fingerprint density at radius 1 is 0.946 bits per heavy atom. The Hall–Kier alpha value is -3.92. The molecule has 0 aromatic heterocycles. The molecule has 198 valence electrons. The molecule has 1 fully saturated rings. The molecule has 1 aliphatic rings. The number of aromatic hydroxyl groups is 1. The second-order valence-corrected chi connectivity index (χ2v) is 9.18. The van der Waals surface area contributed by atoms with Crippen LogP contribution < -0.4 is 27.0 Å². The third-order valence-electron chi connectivity index (χ3n) is 6.17. The molecule has 2 aromatic rings. The molecular weight excluding hydrogens is 474 g/mol. The van der Waals surface area contributed by atoms with Crippen LogP contribution in [0.2, 0.25) is 0 Å². The number of benzene rings is 2. The molecule has 10 nitrogen and oxygen atoms in total. The lowest BCUT2D eigenvalue weighted by Gasteiger charge is -2.25. The van der Waals surface area contributed by atoms with E-state index in [0.717, 1.165) is 11.1 Å². The highest BCUT2D eigenvalue weighted by Gasteiger charge is 2.28. The highest BCUT2D eigenvalue weighted by Crippen LogP contribution is 2.12. The number of nitrogens with one attached hydrogen (secondary N) is 4. The normalized spacial score (nSPS) is 20.5. The summed E-state index contributed by atoms with van der Waals surface area (Å²) in [5.74, 6) is -1.48. The Balaban J connectivity index is 1.73. The molecule has 0 unspecified atom stereocenters. The maximum atomic E-state index is 13.3. The van der Waals surface area contributed by atoms with Crippen LogP contribution >= 0.6 is 0 Å². The predicted molar refractivity (Wildman–Crippen MR) is 138 cm³/mol. The quantitative estimate of drug-likeness (QED) is 0.328. The fraction of sp³-hybridized carbons (Fsp3) is 0.407. The minimum atomic E-state index is -0.944. The smallest absolute Gasteiger partial charge is 0.243 e. The number of phenolic OH excluding ortho intramolecular Hbond substituents is 1. The van der Waals surface area contributed by atoms with Crippen LogP contribution in [-0.4, -0.2) is 60.0 Å². The maximum absolute atomic E-state index is 13.3. The Bertz CT molecular complexity index is 1060. The molecule has 4 amide bonds. The van der Waals surface area contributed by atoms with Gasteiger partial charge in [0.1, 0.15) is 17.8 Å². The summed E-state index contributed by atoms with van der Waals surface area (Å²) in [5.41, 5.74) is 7.75. The lowest BCUT2D eigenvalue weighted by atomic mass is 10.0. The summed E-state index contributed by atoms with van der Waals surface area (Å²) in [6, 6.07) is 13.0. The molecule has 37 heavy (non-hydrogen) atoms. The van der Waals surface area contributed by atoms with E-state index in [-0.39, 0.29) is 31.0 Å². The molecule has 3 rings (SSSR count). The van der Waals surface area contributed by atoms with Crippen molar-refractivity contribution in [3.05, 3.63) is 65.7 Å². The SMILES string of the molecule is N[C@H](Cc1ccccc1)C(=O)N[C@H]1CCCCNC(=O)CCNC(=O)[C@H](Cc2ccc(O)cc2)NC1=O. The zero-order chi connectivity index (χ0) is 26.6. The molecule has 1 heterocycles. The highest BCUT2D eigenvalue weighted by atomic mass is 16.3. The molecule has 0 aliphatic carbocycles. The molecule has 1 aliphatic heterocycles. The fourth-order valence-corrected chi connectivity index (χ4v) is 4.07. The number of hydrogen-bond donors (Lipinski definition) is 6. The third kappa shape index (κ3) is 9.23. The Morgan fingerprint density at radius 3 is 2.41 bits per heavy atom. The first kappa shape index (κ1) is 27.7. The number of carbonyl (C=O) groups excluding carboxylic acids is 4. The van der Waals surface area contributed by atoms with Gasteiger partial charge in [-0.1, -0.05) is 42.5 Å². The van der Waals surface area contributed by atoms with Gasteiger partial charge in [-0.2, -0.15) is 0 Å². The maximum Gasteiger partial charge on any atom is 0.243 e. The van der Waals surface area contributed by atoms with Crippen molar-refractivity contribution < 1.29 is 24.3 Å². The van der Waals surface area contributed by atoms with Gasteiger partial charge in [0.15, 0.2) is 0 Å². The number of nitrogens with two attached hydrogens (primary N) is 1. The van der Waals surface area contributed by atoms with E-state index in [4.69, 9.17) is 5.73 Å². The van der Waals surface area contributed by atoms with Gasteiger partial charge in [-0.15, -0.1) is 0 Å². The van der Waals surface area contributed by atoms with Gasteiger partial charge in [-0.3, -0.25) is 19.2 Å². The average Bonchev–Trinajstić information content (AvgIpc) is 2.88. The summed E-state index contributed by atoms with van der Waals surface area (Å²) in [7, 11) is 0. The fourth-order valence-electron chi connectivity index (χ4n) is 4.07. The Kier molecular flexibility index (Phi) is 10.5. The Labute approximate surface area is 216 Å². The van der Waals surface area contributed by atoms with Crippen LogP contribution in [0.25, 0.3) is 0 Å². The summed E-state index contributed by atoms with van der Waals surface area (Å²) in [5, 5.41) is 20.6. The van der Waals surface area contributed by atoms with Gasteiger partial charge in [0, 0.05) is 25.9 Å². The topological polar surface area (TPSA) is 163 Å². The second kappa shape index (κ2) is 14.0. The largest absolute Gasteiger partial charge is 0.508 e. The average molecular weight is 510 g/mol. The van der Waals surface area contributed by atoms with Gasteiger partial charge in [0.05, 0.1) is 6.04 Å². The van der Waals surface area contributed by atoms with E-state index in [1.54, 1.807) is 12.1 Å². The van der Waals surface area contributed by atoms with Gasteiger partial charge >= 0.3 is 0 Å². The van der Waals surface area contributed by atoms with Gasteiger partial charge in [-0.05, 0) is 48.9 Å². The first-order valence-corrected chi connectivity index (χ1v) is 12.5. The number of rotatable bonds is 6. The zero-order valence-corrected chi connectivity index (χ0v) is 20.7. The van der Waals surface area contributed by atoms with Crippen LogP contribution in [0.3, 0.4) is 0 Å². The van der Waals surface area contributed by atoms with Crippen LogP contribution in [0, 0.1) is 0 Å². The minimum Gasteiger partial charge on any atom is -0.508 e. The van der Waals surface area contributed by atoms with Crippen LogP contribution in [0.5, 0.6) is 5.75 Å². The number of amides is 4. The van der Waals surface area contributed by atoms with Crippen molar-refractivity contribution in [3.63, 3.8) is 0 Å². The van der Waals surface area contributed by atoms with Crippen LogP contribution in [0.1, 0.15) is 36.8 Å². The summed E-state index contributed by atoms with van der Waals surface area (Å²) in [4.78, 5) is 51.1. The van der Waals surface area contributed by atoms with Gasteiger partial charge < -0.3 is 32.1 Å². The minimum absolute atomic E-state index is 0.0869. The summed E-state index contributed by atoms with van der Waals surface area (Å²) >= 11 is 0. The van der Waals surface area contributed by atoms with Crippen molar-refractivity contribution in [1.29, 1.82) is 0 Å². The van der Waals surface area contributed by atoms with Crippen molar-refractivity contribution in [1.82, 2.24) is 21.3 Å². The molecule has 2 aromatic carbocycles. The van der Waals surface area contributed by atoms with Crippen LogP contribution in [-0.2, 0) is 32.0 Å². The summed E-state index contributed by atoms with van der Waals surface area (Å²) < 4.78 is 0. The number of carbonyl (C=O) groups is 4. The van der Waals surface area contributed by atoms with Gasteiger partial charge in [0.25, 0.3) is 0 Å². The molecule has 1 saturated heterocycles. The van der Waals surface area contributed by atoms with Gasteiger partial charge in [0.2, 0.25) is 23.6 Å². The Morgan fingerprint density at radius 2 is 1.68 bits per heavy atom. The van der Waals surface area contributed by atoms with E-state index in [9.17, 15) is 24.3 Å². The van der Waals surface area contributed by atoms with Crippen molar-refractivity contribution in [2.75, 3.05) is 13.1 Å². The highest BCUT2D eigenvalue weighted by molar-refractivity contribution is 5.93. The van der Waals surface area contributed by atoms with E-state index >= 15 is 0 Å². The monoisotopic (exact) mass is 509 g/mol. The molecule has 7 N–H and O–H groups in total. The molecule has 3 atom stereocenters. The number of hydrogen-bond acceptors (Lipinski definition) is 6. The predicted octanol–water partition coefficient (Wildman–Crippen LogP) is 0.281. The molecule has 0 radical (unpaired) electrons. The van der Waals surface area contributed by atoms with E-state index < -0.39 is 35.8 Å². The first-order chi connectivity index (χ1) is 17.8. The molecule has 0 spiro atoms. The molecule has 10 heteroatoms. The van der Waals surface area contributed by atoms with E-state index in [1.165, 1.54) is 12.1 Å². The zero-order valence-electron chi connectivity index (χ0n) is 20.7. The third-order valence-corrected chi connectivity index (χ3v) is 6.17. The molecular formula is C27H35N5O5. The summed E-state index contributed by atoms with van der Waals surface area (Å²) in [6.45, 7) is 0.563. The van der Waals surface area contributed by atoms with Gasteiger partial charge in [-0.25, -0.2) is 0 Å². The van der Waals surface area contributed by atoms with E-state index in [1.807, 2.05) is 30.3 Å². The van der Waals surface area contributed by atoms with Crippen molar-refractivity contribution in [2.45, 2.75) is 56.7 Å². The first-order valence-electron chi connectivity index (χ1n) is 12.5. The van der Waals surface area contributed by atoms with Crippen molar-refractivity contribution >= 4 is 23.6 Å². The van der Waals surface area contributed by atoms with Crippen LogP contribution in [0.4, 0.5) is 0 Å².